The highest BCUT2D eigenvalue weighted by Crippen LogP contribution is 2.10. The summed E-state index contributed by atoms with van der Waals surface area (Å²) >= 11 is 0. The Labute approximate surface area is 73.0 Å². The Bertz CT molecular complexity index is 284. The van der Waals surface area contributed by atoms with E-state index in [-0.39, 0.29) is 1.43 Å². The third kappa shape index (κ3) is 1.51. The van der Waals surface area contributed by atoms with Gasteiger partial charge in [0.1, 0.15) is 0 Å². The Morgan fingerprint density at radius 1 is 1.33 bits per heavy atom. The van der Waals surface area contributed by atoms with Gasteiger partial charge in [0.15, 0.2) is 5.82 Å². The fourth-order valence-corrected chi connectivity index (χ4v) is 1.28. The molecule has 0 aromatic carbocycles. The Morgan fingerprint density at radius 2 is 2.17 bits per heavy atom. The average molecular weight is 163 g/mol. The van der Waals surface area contributed by atoms with Crippen LogP contribution in [0.4, 0.5) is 0 Å². The molecule has 3 nitrogen and oxygen atoms in total. The summed E-state index contributed by atoms with van der Waals surface area (Å²) in [5, 5.41) is 3.29. The number of nitrogens with one attached hydrogen (secondary N) is 1. The van der Waals surface area contributed by atoms with Crippen LogP contribution in [0.2, 0.25) is 0 Å². The molecule has 1 aliphatic rings. The lowest BCUT2D eigenvalue weighted by Gasteiger charge is -2.12. The zero-order valence-corrected chi connectivity index (χ0v) is 6.83. The second kappa shape index (κ2) is 3.45. The van der Waals surface area contributed by atoms with Crippen molar-refractivity contribution >= 4 is 5.57 Å². The van der Waals surface area contributed by atoms with Crippen molar-refractivity contribution in [3.8, 4) is 0 Å². The van der Waals surface area contributed by atoms with Crippen molar-refractivity contribution in [2.45, 2.75) is 6.42 Å². The molecule has 0 saturated carbocycles. The molecule has 0 bridgehead atoms. The lowest BCUT2D eigenvalue weighted by atomic mass is 10.1. The largest absolute Gasteiger partial charge is 0.312 e. The maximum atomic E-state index is 4.18. The van der Waals surface area contributed by atoms with Crippen LogP contribution in [0.15, 0.2) is 24.5 Å². The smallest absolute Gasteiger partial charge is 0.155 e. The first-order valence-corrected chi connectivity index (χ1v) is 4.14. The Morgan fingerprint density at radius 3 is 2.83 bits per heavy atom. The molecule has 0 amide bonds. The maximum absolute atomic E-state index is 4.18. The Hall–Kier alpha value is -1.22. The van der Waals surface area contributed by atoms with Gasteiger partial charge in [-0.1, -0.05) is 6.08 Å². The summed E-state index contributed by atoms with van der Waals surface area (Å²) < 4.78 is 0. The van der Waals surface area contributed by atoms with Crippen LogP contribution in [-0.2, 0) is 0 Å². The highest BCUT2D eigenvalue weighted by atomic mass is 14.9. The summed E-state index contributed by atoms with van der Waals surface area (Å²) in [6.07, 6.45) is 6.83. The standard InChI is InChI=1S/C9H11N3.H2/c1-3-8(7-10-4-1)9-11-5-2-6-12-9;/h2-3,5-6,10H,1,4,7H2;1H. The van der Waals surface area contributed by atoms with E-state index < -0.39 is 0 Å². The normalized spacial score (nSPS) is 17.2. The molecule has 64 valence electrons. The van der Waals surface area contributed by atoms with E-state index >= 15 is 0 Å². The highest BCUT2D eigenvalue weighted by Gasteiger charge is 2.06. The van der Waals surface area contributed by atoms with Crippen molar-refractivity contribution in [2.24, 2.45) is 0 Å². The van der Waals surface area contributed by atoms with Gasteiger partial charge in [0.25, 0.3) is 0 Å². The number of hydrogen-bond donors (Lipinski definition) is 1. The molecular formula is C9H13N3. The molecule has 1 aliphatic heterocycles. The molecule has 0 aliphatic carbocycles. The molecule has 1 aromatic rings. The molecule has 3 heteroatoms. The predicted molar refractivity (Wildman–Crippen MR) is 49.6 cm³/mol. The van der Waals surface area contributed by atoms with Crippen molar-refractivity contribution in [1.82, 2.24) is 15.3 Å². The lowest BCUT2D eigenvalue weighted by molar-refractivity contribution is 0.734. The summed E-state index contributed by atoms with van der Waals surface area (Å²) in [6, 6.07) is 1.83. The van der Waals surface area contributed by atoms with Gasteiger partial charge in [-0.05, 0) is 19.0 Å². The summed E-state index contributed by atoms with van der Waals surface area (Å²) in [5.74, 6) is 0.852. The van der Waals surface area contributed by atoms with Gasteiger partial charge in [0.05, 0.1) is 0 Å². The van der Waals surface area contributed by atoms with Crippen LogP contribution >= 0.6 is 0 Å². The second-order valence-electron chi connectivity index (χ2n) is 2.77. The average Bonchev–Trinajstić information content (AvgIpc) is 2.21. The minimum absolute atomic E-state index is 0. The monoisotopic (exact) mass is 163 g/mol. The van der Waals surface area contributed by atoms with Gasteiger partial charge < -0.3 is 5.32 Å². The molecule has 0 unspecified atom stereocenters. The van der Waals surface area contributed by atoms with Crippen LogP contribution in [0.3, 0.4) is 0 Å². The molecule has 0 fully saturated rings. The summed E-state index contributed by atoms with van der Waals surface area (Å²) in [6.45, 7) is 1.96. The molecule has 0 radical (unpaired) electrons. The molecule has 2 heterocycles. The maximum Gasteiger partial charge on any atom is 0.155 e. The first kappa shape index (κ1) is 7.43. The van der Waals surface area contributed by atoms with E-state index in [0.29, 0.717) is 0 Å². The summed E-state index contributed by atoms with van der Waals surface area (Å²) in [7, 11) is 0. The molecule has 0 spiro atoms. The van der Waals surface area contributed by atoms with Crippen molar-refractivity contribution in [3.05, 3.63) is 30.4 Å². The molecule has 0 saturated heterocycles. The van der Waals surface area contributed by atoms with Gasteiger partial charge in [0, 0.05) is 25.9 Å². The second-order valence-corrected chi connectivity index (χ2v) is 2.77. The van der Waals surface area contributed by atoms with Gasteiger partial charge in [0.2, 0.25) is 0 Å². The number of hydrogen-bond acceptors (Lipinski definition) is 3. The number of rotatable bonds is 1. The van der Waals surface area contributed by atoms with Gasteiger partial charge in [-0.25, -0.2) is 9.97 Å². The molecule has 2 rings (SSSR count). The molecule has 12 heavy (non-hydrogen) atoms. The minimum Gasteiger partial charge on any atom is -0.312 e. The van der Waals surface area contributed by atoms with Crippen LogP contribution < -0.4 is 5.32 Å². The zero-order valence-electron chi connectivity index (χ0n) is 6.83. The minimum atomic E-state index is 0. The summed E-state index contributed by atoms with van der Waals surface area (Å²) in [4.78, 5) is 8.37. The molecular weight excluding hydrogens is 150 g/mol. The van der Waals surface area contributed by atoms with E-state index in [2.05, 4.69) is 21.4 Å². The first-order chi connectivity index (χ1) is 5.97. The fraction of sp³-hybridized carbons (Fsp3) is 0.333. The number of nitrogens with zero attached hydrogens (tertiary/aromatic N) is 2. The fourth-order valence-electron chi connectivity index (χ4n) is 1.28. The van der Waals surface area contributed by atoms with E-state index in [0.717, 1.165) is 25.3 Å². The Kier molecular flexibility index (Phi) is 2.14. The van der Waals surface area contributed by atoms with Crippen molar-refractivity contribution < 1.29 is 1.43 Å². The van der Waals surface area contributed by atoms with Crippen molar-refractivity contribution in [3.63, 3.8) is 0 Å². The zero-order chi connectivity index (χ0) is 8.23. The van der Waals surface area contributed by atoms with E-state index in [1.165, 1.54) is 5.57 Å². The van der Waals surface area contributed by atoms with E-state index in [9.17, 15) is 0 Å². The van der Waals surface area contributed by atoms with Crippen LogP contribution in [-0.4, -0.2) is 23.1 Å². The van der Waals surface area contributed by atoms with Crippen LogP contribution in [0.1, 0.15) is 13.7 Å². The van der Waals surface area contributed by atoms with Crippen LogP contribution in [0.25, 0.3) is 5.57 Å². The number of aromatic nitrogens is 2. The van der Waals surface area contributed by atoms with Gasteiger partial charge in [-0.2, -0.15) is 0 Å². The predicted octanol–water partition coefficient (Wildman–Crippen LogP) is 1.10. The van der Waals surface area contributed by atoms with Gasteiger partial charge >= 0.3 is 0 Å². The van der Waals surface area contributed by atoms with E-state index in [4.69, 9.17) is 0 Å². The van der Waals surface area contributed by atoms with E-state index in [1.807, 2.05) is 6.07 Å². The third-order valence-corrected chi connectivity index (χ3v) is 1.88. The summed E-state index contributed by atoms with van der Waals surface area (Å²) in [5.41, 5.74) is 1.21. The SMILES string of the molecule is C1=C(c2ncccn2)CNCC1.[HH]. The van der Waals surface area contributed by atoms with Crippen molar-refractivity contribution in [1.29, 1.82) is 0 Å². The quantitative estimate of drug-likeness (QED) is 0.673. The molecule has 0 atom stereocenters. The highest BCUT2D eigenvalue weighted by molar-refractivity contribution is 5.61. The molecule has 1 aromatic heterocycles. The third-order valence-electron chi connectivity index (χ3n) is 1.88. The van der Waals surface area contributed by atoms with Crippen LogP contribution in [0, 0.1) is 0 Å². The Balaban J connectivity index is 0.000000845. The topological polar surface area (TPSA) is 37.8 Å². The van der Waals surface area contributed by atoms with Crippen LogP contribution in [0.5, 0.6) is 0 Å². The first-order valence-electron chi connectivity index (χ1n) is 4.14. The van der Waals surface area contributed by atoms with Gasteiger partial charge in [-0.3, -0.25) is 0 Å². The lowest BCUT2D eigenvalue weighted by Crippen LogP contribution is -2.22. The van der Waals surface area contributed by atoms with Crippen molar-refractivity contribution in [2.75, 3.05) is 13.1 Å². The molecule has 1 N–H and O–H groups in total. The van der Waals surface area contributed by atoms with Gasteiger partial charge in [-0.15, -0.1) is 0 Å². The van der Waals surface area contributed by atoms with E-state index in [1.54, 1.807) is 12.4 Å².